The lowest BCUT2D eigenvalue weighted by atomic mass is 9.61. The Balaban J connectivity index is 1.39. The zero-order valence-corrected chi connectivity index (χ0v) is 23.9. The number of aliphatic hydroxyl groups is 1. The summed E-state index contributed by atoms with van der Waals surface area (Å²) in [4.78, 5) is 21.7. The molecule has 1 aliphatic carbocycles. The maximum absolute atomic E-state index is 14.6. The quantitative estimate of drug-likeness (QED) is 0.207. The number of carbonyl (C=O) groups excluding carboxylic acids is 1. The second-order valence-corrected chi connectivity index (χ2v) is 11.4. The number of pyridine rings is 2. The molecule has 1 saturated carbocycles. The van der Waals surface area contributed by atoms with Crippen LogP contribution in [0.1, 0.15) is 72.6 Å². The first kappa shape index (κ1) is 29.6. The molecule has 2 aromatic carbocycles. The highest BCUT2D eigenvalue weighted by atomic mass is 19.1. The highest BCUT2D eigenvalue weighted by molar-refractivity contribution is 5.96. The molecule has 2 aromatic heterocycles. The predicted octanol–water partition coefficient (Wildman–Crippen LogP) is 7.89. The van der Waals surface area contributed by atoms with Crippen LogP contribution in [0.3, 0.4) is 0 Å². The molecule has 0 aliphatic heterocycles. The van der Waals surface area contributed by atoms with Gasteiger partial charge in [-0.3, -0.25) is 9.78 Å². The molecule has 4 nitrogen and oxygen atoms in total. The second-order valence-electron chi connectivity index (χ2n) is 11.4. The Morgan fingerprint density at radius 3 is 2.40 bits per heavy atom. The van der Waals surface area contributed by atoms with Crippen molar-refractivity contribution in [2.75, 3.05) is 0 Å². The third-order valence-electron chi connectivity index (χ3n) is 9.02. The van der Waals surface area contributed by atoms with Crippen molar-refractivity contribution in [1.82, 2.24) is 9.97 Å². The zero-order valence-electron chi connectivity index (χ0n) is 23.9. The summed E-state index contributed by atoms with van der Waals surface area (Å²) in [6, 6.07) is 17.7. The average molecular weight is 573 g/mol. The molecule has 2 heterocycles. The van der Waals surface area contributed by atoms with Crippen molar-refractivity contribution in [1.29, 1.82) is 0 Å². The Morgan fingerprint density at radius 1 is 0.952 bits per heavy atom. The van der Waals surface area contributed by atoms with Crippen molar-refractivity contribution in [2.24, 2.45) is 11.8 Å². The number of ketones is 1. The van der Waals surface area contributed by atoms with Gasteiger partial charge in [0.25, 0.3) is 0 Å². The number of rotatable bonds is 9. The summed E-state index contributed by atoms with van der Waals surface area (Å²) in [5, 5.41) is 11.7. The maximum Gasteiger partial charge on any atom is 0.185 e. The average Bonchev–Trinajstić information content (AvgIpc) is 2.99. The first-order valence-electron chi connectivity index (χ1n) is 14.5. The van der Waals surface area contributed by atoms with Gasteiger partial charge in [-0.25, -0.2) is 18.2 Å². The van der Waals surface area contributed by atoms with E-state index in [1.54, 1.807) is 12.4 Å². The lowest BCUT2D eigenvalue weighted by Crippen LogP contribution is -2.48. The van der Waals surface area contributed by atoms with E-state index in [1.165, 1.54) is 17.7 Å². The Bertz CT molecular complexity index is 1540. The molecule has 0 saturated heterocycles. The van der Waals surface area contributed by atoms with Crippen LogP contribution in [0.5, 0.6) is 0 Å². The molecule has 218 valence electrons. The first-order chi connectivity index (χ1) is 20.2. The highest BCUT2D eigenvalue weighted by Crippen LogP contribution is 2.49. The van der Waals surface area contributed by atoms with Gasteiger partial charge in [0.05, 0.1) is 11.2 Å². The minimum atomic E-state index is -0.958. The van der Waals surface area contributed by atoms with Gasteiger partial charge >= 0.3 is 0 Å². The van der Waals surface area contributed by atoms with E-state index in [0.29, 0.717) is 6.42 Å². The van der Waals surface area contributed by atoms with Crippen LogP contribution in [0, 0.1) is 29.3 Å². The number of carbonyl (C=O) groups is 1. The van der Waals surface area contributed by atoms with E-state index in [-0.39, 0.29) is 29.9 Å². The van der Waals surface area contributed by atoms with Crippen LogP contribution >= 0.6 is 0 Å². The van der Waals surface area contributed by atoms with E-state index >= 15 is 0 Å². The van der Waals surface area contributed by atoms with Crippen molar-refractivity contribution in [2.45, 2.75) is 63.9 Å². The molecule has 1 aliphatic rings. The Kier molecular flexibility index (Phi) is 8.88. The Labute approximate surface area is 244 Å². The molecule has 0 spiro atoms. The molecule has 0 unspecified atom stereocenters. The summed E-state index contributed by atoms with van der Waals surface area (Å²) in [7, 11) is 0. The molecule has 0 amide bonds. The van der Waals surface area contributed by atoms with Gasteiger partial charge in [-0.05, 0) is 96.9 Å². The fourth-order valence-electron chi connectivity index (χ4n) is 6.67. The van der Waals surface area contributed by atoms with Crippen molar-refractivity contribution in [3.63, 3.8) is 0 Å². The molecule has 4 aromatic rings. The fraction of sp³-hybridized carbons (Fsp3) is 0.343. The minimum Gasteiger partial charge on any atom is -0.389 e. The summed E-state index contributed by atoms with van der Waals surface area (Å²) >= 11 is 0. The number of hydrogen-bond acceptors (Lipinski definition) is 4. The fourth-order valence-corrected chi connectivity index (χ4v) is 6.67. The van der Waals surface area contributed by atoms with Crippen molar-refractivity contribution >= 4 is 5.78 Å². The second kappa shape index (κ2) is 12.6. The summed E-state index contributed by atoms with van der Waals surface area (Å²) in [5.74, 6) is -3.00. The van der Waals surface area contributed by atoms with Gasteiger partial charge in [0.2, 0.25) is 0 Å². The van der Waals surface area contributed by atoms with Crippen LogP contribution in [-0.4, -0.2) is 26.5 Å². The number of halogens is 3. The zero-order chi connectivity index (χ0) is 29.9. The normalized spacial score (nSPS) is 22.2. The summed E-state index contributed by atoms with van der Waals surface area (Å²) in [6.45, 7) is 4.14. The molecule has 5 rings (SSSR count). The van der Waals surface area contributed by atoms with E-state index in [4.69, 9.17) is 0 Å². The third kappa shape index (κ3) is 6.02. The predicted molar refractivity (Wildman–Crippen MR) is 156 cm³/mol. The van der Waals surface area contributed by atoms with Crippen LogP contribution in [0.15, 0.2) is 79.1 Å². The van der Waals surface area contributed by atoms with Crippen molar-refractivity contribution < 1.29 is 23.1 Å². The molecule has 0 radical (unpaired) electrons. The molecule has 1 fully saturated rings. The van der Waals surface area contributed by atoms with Gasteiger partial charge in [0, 0.05) is 18.8 Å². The standard InChI is InChI=1S/C35H35F3N2O2/c1-3-35(42)22(2)18-24(19-26(35)13-12-23-8-5-4-6-9-23)27-16-17-39-21-25(27)20-32(41)31-15-14-30(38)34(40-31)33-28(36)10-7-11-29(33)37/h4-11,14-17,21-22,24,26,42H,3,12-13,18-20H2,1-2H3/t22-,24+,26+,35+/m0/s1. The van der Waals surface area contributed by atoms with Crippen molar-refractivity contribution in [3.05, 3.63) is 119 Å². The van der Waals surface area contributed by atoms with Gasteiger partial charge in [0.1, 0.15) is 28.8 Å². The number of aromatic nitrogens is 2. The number of benzene rings is 2. The maximum atomic E-state index is 14.6. The Hall–Kier alpha value is -3.84. The summed E-state index contributed by atoms with van der Waals surface area (Å²) in [5.41, 5.74) is 0.968. The SMILES string of the molecule is CC[C@]1(O)[C@H](CCc2ccccc2)C[C@H](c2ccncc2CC(=O)c2ccc(F)c(-c3c(F)cccc3F)n2)C[C@@H]1C. The number of hydrogen-bond donors (Lipinski definition) is 1. The van der Waals surface area contributed by atoms with E-state index in [9.17, 15) is 23.1 Å². The van der Waals surface area contributed by atoms with Gasteiger partial charge in [0.15, 0.2) is 5.78 Å². The van der Waals surface area contributed by atoms with E-state index < -0.39 is 40.1 Å². The molecule has 4 atom stereocenters. The minimum absolute atomic E-state index is 0.0430. The molecule has 0 bridgehead atoms. The molecule has 7 heteroatoms. The lowest BCUT2D eigenvalue weighted by molar-refractivity contribution is -0.0989. The van der Waals surface area contributed by atoms with Crippen LogP contribution in [0.2, 0.25) is 0 Å². The molecule has 1 N–H and O–H groups in total. The van der Waals surface area contributed by atoms with Crippen LogP contribution < -0.4 is 0 Å². The molecular formula is C35H35F3N2O2. The van der Waals surface area contributed by atoms with E-state index in [1.807, 2.05) is 31.2 Å². The van der Waals surface area contributed by atoms with E-state index in [0.717, 1.165) is 55.0 Å². The van der Waals surface area contributed by atoms with E-state index in [2.05, 4.69) is 29.0 Å². The van der Waals surface area contributed by atoms with Crippen molar-refractivity contribution in [3.8, 4) is 11.3 Å². The highest BCUT2D eigenvalue weighted by Gasteiger charge is 2.46. The smallest absolute Gasteiger partial charge is 0.185 e. The number of Topliss-reactive ketones (excluding diaryl/α,β-unsaturated/α-hetero) is 1. The summed E-state index contributed by atoms with van der Waals surface area (Å²) < 4.78 is 43.4. The van der Waals surface area contributed by atoms with Gasteiger partial charge in [-0.2, -0.15) is 0 Å². The van der Waals surface area contributed by atoms with Gasteiger partial charge in [-0.1, -0.05) is 50.2 Å². The van der Waals surface area contributed by atoms with Gasteiger partial charge in [-0.15, -0.1) is 0 Å². The summed E-state index contributed by atoms with van der Waals surface area (Å²) in [6.07, 6.45) is 7.27. The lowest BCUT2D eigenvalue weighted by Gasteiger charge is -2.48. The Morgan fingerprint density at radius 2 is 1.69 bits per heavy atom. The number of nitrogens with zero attached hydrogens (tertiary/aromatic N) is 2. The number of aryl methyl sites for hydroxylation is 1. The molecular weight excluding hydrogens is 537 g/mol. The molecule has 42 heavy (non-hydrogen) atoms. The third-order valence-corrected chi connectivity index (χ3v) is 9.02. The van der Waals surface area contributed by atoms with Gasteiger partial charge < -0.3 is 5.11 Å². The van der Waals surface area contributed by atoms with Crippen LogP contribution in [0.4, 0.5) is 13.2 Å². The first-order valence-corrected chi connectivity index (χ1v) is 14.5. The van der Waals surface area contributed by atoms with Crippen LogP contribution in [0.25, 0.3) is 11.3 Å². The monoisotopic (exact) mass is 572 g/mol. The largest absolute Gasteiger partial charge is 0.389 e. The van der Waals surface area contributed by atoms with Crippen LogP contribution in [-0.2, 0) is 12.8 Å². The topological polar surface area (TPSA) is 63.1 Å².